The minimum Gasteiger partial charge on any atom is -0.490 e. The predicted molar refractivity (Wildman–Crippen MR) is 129 cm³/mol. The number of halogens is 1. The minimum atomic E-state index is -0.798. The number of nitrogens with zero attached hydrogens (tertiary/aromatic N) is 6. The first kappa shape index (κ1) is 24.2. The number of fused-ring (bicyclic) bond motifs is 1. The molecule has 1 fully saturated rings. The number of morpholine rings is 1. The number of carbonyl (C=O) groups is 2. The molecule has 192 valence electrons. The number of ether oxygens (including phenoxy) is 3. The average molecular weight is 509 g/mol. The molecule has 0 atom stereocenters. The number of aromatic nitrogens is 5. The Morgan fingerprint density at radius 3 is 2.81 bits per heavy atom. The molecule has 1 saturated heterocycles. The molecule has 1 aromatic carbocycles. The number of pyridine rings is 1. The zero-order valence-corrected chi connectivity index (χ0v) is 20.0. The van der Waals surface area contributed by atoms with Crippen molar-refractivity contribution in [2.45, 2.75) is 0 Å². The molecule has 1 aliphatic heterocycles. The van der Waals surface area contributed by atoms with Crippen LogP contribution in [0.15, 0.2) is 48.8 Å². The largest absolute Gasteiger partial charge is 0.490 e. The third-order valence-electron chi connectivity index (χ3n) is 5.65. The third kappa shape index (κ3) is 5.21. The highest BCUT2D eigenvalue weighted by atomic mass is 19.1. The lowest BCUT2D eigenvalue weighted by atomic mass is 10.2. The highest BCUT2D eigenvalue weighted by molar-refractivity contribution is 5.97. The third-order valence-corrected chi connectivity index (χ3v) is 5.65. The van der Waals surface area contributed by atoms with Crippen LogP contribution in [0, 0.1) is 0 Å². The van der Waals surface area contributed by atoms with Gasteiger partial charge in [-0.15, -0.1) is 5.10 Å². The smallest absolute Gasteiger partial charge is 0.418 e. The summed E-state index contributed by atoms with van der Waals surface area (Å²) in [5.74, 6) is 0.601. The van der Waals surface area contributed by atoms with Crippen molar-refractivity contribution in [3.63, 3.8) is 0 Å². The number of carbonyl (C=O) groups excluding carboxylic acids is 2. The number of aryl methyl sites for hydroxylation is 1. The average Bonchev–Trinajstić information content (AvgIpc) is 3.50. The van der Waals surface area contributed by atoms with Crippen LogP contribution in [0.2, 0.25) is 0 Å². The van der Waals surface area contributed by atoms with Crippen LogP contribution in [0.3, 0.4) is 0 Å². The SMILES string of the molecule is Cn1ncc(C(=O)N2CCOCC2)c1OC(=O)Nc1ccn2nc(-c3ccccc3OCCF)nc2c1. The summed E-state index contributed by atoms with van der Waals surface area (Å²) in [4.78, 5) is 31.7. The number of rotatable bonds is 7. The van der Waals surface area contributed by atoms with Crippen molar-refractivity contribution < 1.29 is 28.2 Å². The first-order chi connectivity index (χ1) is 18.0. The van der Waals surface area contributed by atoms with Gasteiger partial charge in [-0.3, -0.25) is 10.1 Å². The molecule has 0 aliphatic carbocycles. The number of benzene rings is 1. The van der Waals surface area contributed by atoms with Gasteiger partial charge in [-0.25, -0.2) is 23.4 Å². The fraction of sp³-hybridized carbons (Fsp3) is 0.292. The molecule has 37 heavy (non-hydrogen) atoms. The van der Waals surface area contributed by atoms with Gasteiger partial charge in [0.05, 0.1) is 25.0 Å². The van der Waals surface area contributed by atoms with Crippen LogP contribution in [0.4, 0.5) is 14.9 Å². The monoisotopic (exact) mass is 509 g/mol. The van der Waals surface area contributed by atoms with E-state index in [-0.39, 0.29) is 24.0 Å². The molecule has 0 radical (unpaired) electrons. The van der Waals surface area contributed by atoms with Gasteiger partial charge in [0.25, 0.3) is 5.91 Å². The number of amides is 2. The van der Waals surface area contributed by atoms with Gasteiger partial charge in [0, 0.05) is 38.1 Å². The molecular weight excluding hydrogens is 485 g/mol. The Kier molecular flexibility index (Phi) is 6.94. The molecule has 12 nitrogen and oxygen atoms in total. The van der Waals surface area contributed by atoms with Gasteiger partial charge < -0.3 is 19.1 Å². The van der Waals surface area contributed by atoms with Crippen molar-refractivity contribution >= 4 is 23.3 Å². The number of alkyl halides is 1. The summed E-state index contributed by atoms with van der Waals surface area (Å²) in [6.45, 7) is 1.12. The van der Waals surface area contributed by atoms with Crippen LogP contribution in [-0.2, 0) is 11.8 Å². The Labute approximate surface area is 210 Å². The fourth-order valence-corrected chi connectivity index (χ4v) is 3.86. The van der Waals surface area contributed by atoms with Crippen molar-refractivity contribution in [3.05, 3.63) is 54.4 Å². The molecule has 4 heterocycles. The van der Waals surface area contributed by atoms with Gasteiger partial charge in [-0.2, -0.15) is 5.10 Å². The minimum absolute atomic E-state index is 0.0321. The molecule has 5 rings (SSSR count). The zero-order valence-electron chi connectivity index (χ0n) is 20.0. The van der Waals surface area contributed by atoms with Crippen molar-refractivity contribution in [2.75, 3.05) is 44.9 Å². The number of hydrogen-bond acceptors (Lipinski definition) is 8. The molecule has 13 heteroatoms. The van der Waals surface area contributed by atoms with E-state index in [1.807, 2.05) is 6.07 Å². The molecule has 1 N–H and O–H groups in total. The predicted octanol–water partition coefficient (Wildman–Crippen LogP) is 2.56. The number of anilines is 1. The van der Waals surface area contributed by atoms with Gasteiger partial charge >= 0.3 is 6.09 Å². The summed E-state index contributed by atoms with van der Waals surface area (Å²) in [6.07, 6.45) is 2.21. The lowest BCUT2D eigenvalue weighted by molar-refractivity contribution is 0.0301. The van der Waals surface area contributed by atoms with Gasteiger partial charge in [-0.05, 0) is 18.2 Å². The van der Waals surface area contributed by atoms with E-state index in [4.69, 9.17) is 14.2 Å². The van der Waals surface area contributed by atoms with E-state index < -0.39 is 12.8 Å². The Balaban J connectivity index is 1.31. The zero-order chi connectivity index (χ0) is 25.8. The maximum Gasteiger partial charge on any atom is 0.418 e. The molecular formula is C24H24FN7O5. The van der Waals surface area contributed by atoms with E-state index in [1.165, 1.54) is 15.4 Å². The summed E-state index contributed by atoms with van der Waals surface area (Å²) in [5.41, 5.74) is 1.66. The van der Waals surface area contributed by atoms with Gasteiger partial charge in [-0.1, -0.05) is 12.1 Å². The van der Waals surface area contributed by atoms with Crippen LogP contribution in [0.1, 0.15) is 10.4 Å². The van der Waals surface area contributed by atoms with E-state index in [0.717, 1.165) is 0 Å². The standard InChI is InChI=1S/C24H24FN7O5/c1-30-23(18(15-26-30)22(33)31-9-12-35-13-10-31)37-24(34)27-16-6-8-32-20(14-16)28-21(29-32)17-4-2-3-5-19(17)36-11-7-25/h2-6,8,14-15H,7,9-13H2,1H3,(H,27,34). The summed E-state index contributed by atoms with van der Waals surface area (Å²) in [5, 5.41) is 11.2. The highest BCUT2D eigenvalue weighted by Gasteiger charge is 2.26. The van der Waals surface area contributed by atoms with E-state index in [1.54, 1.807) is 48.5 Å². The molecule has 0 bridgehead atoms. The van der Waals surface area contributed by atoms with Crippen LogP contribution < -0.4 is 14.8 Å². The Hall–Kier alpha value is -4.52. The van der Waals surface area contributed by atoms with E-state index in [0.29, 0.717) is 54.8 Å². The molecule has 1 aliphatic rings. The summed E-state index contributed by atoms with van der Waals surface area (Å²) in [7, 11) is 1.58. The topological polar surface area (TPSA) is 125 Å². The van der Waals surface area contributed by atoms with Crippen LogP contribution in [0.5, 0.6) is 11.6 Å². The second-order valence-electron chi connectivity index (χ2n) is 8.09. The van der Waals surface area contributed by atoms with Crippen molar-refractivity contribution in [1.82, 2.24) is 29.3 Å². The van der Waals surface area contributed by atoms with E-state index in [2.05, 4.69) is 20.5 Å². The maximum atomic E-state index is 12.9. The normalized spacial score (nSPS) is 13.5. The molecule has 3 aromatic heterocycles. The summed E-state index contributed by atoms with van der Waals surface area (Å²) < 4.78 is 31.6. The first-order valence-corrected chi connectivity index (χ1v) is 11.6. The molecule has 0 unspecified atom stereocenters. The maximum absolute atomic E-state index is 12.9. The van der Waals surface area contributed by atoms with Gasteiger partial charge in [0.2, 0.25) is 5.88 Å². The molecule has 0 spiro atoms. The first-order valence-electron chi connectivity index (χ1n) is 11.6. The molecule has 0 saturated carbocycles. The second kappa shape index (κ2) is 10.6. The highest BCUT2D eigenvalue weighted by Crippen LogP contribution is 2.28. The Morgan fingerprint density at radius 2 is 2.00 bits per heavy atom. The summed E-state index contributed by atoms with van der Waals surface area (Å²) >= 11 is 0. The van der Waals surface area contributed by atoms with Crippen LogP contribution >= 0.6 is 0 Å². The second-order valence-corrected chi connectivity index (χ2v) is 8.09. The number of nitrogens with one attached hydrogen (secondary N) is 1. The van der Waals surface area contributed by atoms with Gasteiger partial charge in [0.15, 0.2) is 11.5 Å². The van der Waals surface area contributed by atoms with Crippen LogP contribution in [0.25, 0.3) is 17.0 Å². The van der Waals surface area contributed by atoms with Gasteiger partial charge in [0.1, 0.15) is 24.6 Å². The van der Waals surface area contributed by atoms with Crippen molar-refractivity contribution in [2.24, 2.45) is 7.05 Å². The Bertz CT molecular complexity index is 1430. The van der Waals surface area contributed by atoms with Crippen molar-refractivity contribution in [1.29, 1.82) is 0 Å². The molecule has 4 aromatic rings. The van der Waals surface area contributed by atoms with E-state index in [9.17, 15) is 14.0 Å². The van der Waals surface area contributed by atoms with E-state index >= 15 is 0 Å². The summed E-state index contributed by atoms with van der Waals surface area (Å²) in [6, 6.07) is 10.3. The fourth-order valence-electron chi connectivity index (χ4n) is 3.86. The van der Waals surface area contributed by atoms with Crippen molar-refractivity contribution in [3.8, 4) is 23.0 Å². The number of hydrogen-bond donors (Lipinski definition) is 1. The molecule has 2 amide bonds. The lowest BCUT2D eigenvalue weighted by Crippen LogP contribution is -2.40. The quantitative estimate of drug-likeness (QED) is 0.403. The lowest BCUT2D eigenvalue weighted by Gasteiger charge is -2.26. The Morgan fingerprint density at radius 1 is 1.19 bits per heavy atom. The number of para-hydroxylation sites is 1. The van der Waals surface area contributed by atoms with Crippen LogP contribution in [-0.4, -0.2) is 80.9 Å².